The number of rotatable bonds is 7. The molecule has 1 heterocycles. The van der Waals surface area contributed by atoms with Crippen LogP contribution in [0.5, 0.6) is 0 Å². The fraction of sp³-hybridized carbons (Fsp3) is 0.0455. The molecule has 0 aliphatic heterocycles. The quantitative estimate of drug-likeness (QED) is 0.160. The summed E-state index contributed by atoms with van der Waals surface area (Å²) in [5, 5.41) is 20.7. The Morgan fingerprint density at radius 2 is 1.74 bits per heavy atom. The summed E-state index contributed by atoms with van der Waals surface area (Å²) in [6.45, 7) is 0. The van der Waals surface area contributed by atoms with Crippen LogP contribution in [0.1, 0.15) is 10.4 Å². The summed E-state index contributed by atoms with van der Waals surface area (Å²) in [4.78, 5) is 23.1. The van der Waals surface area contributed by atoms with Gasteiger partial charge in [-0.05, 0) is 24.3 Å². The summed E-state index contributed by atoms with van der Waals surface area (Å²) in [7, 11) is 0. The summed E-state index contributed by atoms with van der Waals surface area (Å²) >= 11 is 7.25. The summed E-state index contributed by atoms with van der Waals surface area (Å²) in [5.41, 5.74) is 1.84. The average Bonchev–Trinajstić information content (AvgIpc) is 3.22. The molecule has 0 spiro atoms. The van der Waals surface area contributed by atoms with E-state index < -0.39 is 4.92 Å². The zero-order valence-electron chi connectivity index (χ0n) is 16.0. The van der Waals surface area contributed by atoms with Gasteiger partial charge in [-0.25, -0.2) is 0 Å². The Hall–Kier alpha value is -3.49. The van der Waals surface area contributed by atoms with Crippen molar-refractivity contribution in [1.82, 2.24) is 14.8 Å². The number of hydrogen-bond donors (Lipinski definition) is 0. The molecule has 9 heteroatoms. The number of halogens is 1. The molecular weight excluding hydrogens is 436 g/mol. The molecule has 0 aliphatic rings. The summed E-state index contributed by atoms with van der Waals surface area (Å²) < 4.78 is 1.86. The second-order valence-corrected chi connectivity index (χ2v) is 7.88. The van der Waals surface area contributed by atoms with Crippen molar-refractivity contribution in [2.45, 2.75) is 5.16 Å². The molecule has 4 rings (SSSR count). The van der Waals surface area contributed by atoms with Crippen LogP contribution in [0.25, 0.3) is 17.1 Å². The molecule has 154 valence electrons. The Balaban J connectivity index is 1.65. The van der Waals surface area contributed by atoms with Gasteiger partial charge in [0.25, 0.3) is 5.69 Å². The lowest BCUT2D eigenvalue weighted by Gasteiger charge is -2.10. The third kappa shape index (κ3) is 4.65. The van der Waals surface area contributed by atoms with Gasteiger partial charge in [0.2, 0.25) is 0 Å². The van der Waals surface area contributed by atoms with Gasteiger partial charge in [0.15, 0.2) is 16.8 Å². The normalized spacial score (nSPS) is 10.7. The highest BCUT2D eigenvalue weighted by Gasteiger charge is 2.18. The molecule has 0 N–H and O–H groups in total. The first-order valence-corrected chi connectivity index (χ1v) is 10.6. The maximum Gasteiger partial charge on any atom is 0.270 e. The maximum absolute atomic E-state index is 12.6. The van der Waals surface area contributed by atoms with Gasteiger partial charge in [0.05, 0.1) is 10.7 Å². The topological polar surface area (TPSA) is 90.9 Å². The molecule has 4 aromatic rings. The molecule has 0 atom stereocenters. The Kier molecular flexibility index (Phi) is 6.11. The van der Waals surface area contributed by atoms with E-state index in [0.717, 1.165) is 11.3 Å². The number of nitro benzene ring substituents is 1. The van der Waals surface area contributed by atoms with E-state index in [-0.39, 0.29) is 22.8 Å². The molecule has 0 bridgehead atoms. The summed E-state index contributed by atoms with van der Waals surface area (Å²) in [6, 6.07) is 22.5. The van der Waals surface area contributed by atoms with Crippen molar-refractivity contribution in [3.05, 3.63) is 99.6 Å². The van der Waals surface area contributed by atoms with Gasteiger partial charge in [-0.2, -0.15) is 0 Å². The van der Waals surface area contributed by atoms with Crippen molar-refractivity contribution in [3.8, 4) is 17.1 Å². The van der Waals surface area contributed by atoms with Gasteiger partial charge in [-0.15, -0.1) is 10.2 Å². The monoisotopic (exact) mass is 450 g/mol. The van der Waals surface area contributed by atoms with Crippen molar-refractivity contribution < 1.29 is 9.72 Å². The van der Waals surface area contributed by atoms with Crippen LogP contribution in [-0.2, 0) is 0 Å². The number of carbonyl (C=O) groups excluding carboxylic acids is 1. The maximum atomic E-state index is 12.6. The molecule has 31 heavy (non-hydrogen) atoms. The number of nitrogens with zero attached hydrogens (tertiary/aromatic N) is 4. The average molecular weight is 451 g/mol. The van der Waals surface area contributed by atoms with Crippen molar-refractivity contribution in [3.63, 3.8) is 0 Å². The van der Waals surface area contributed by atoms with Gasteiger partial charge < -0.3 is 0 Å². The Morgan fingerprint density at radius 1 is 1.00 bits per heavy atom. The van der Waals surface area contributed by atoms with E-state index in [9.17, 15) is 14.9 Å². The SMILES string of the molecule is O=C(CSc1nnc(-c2ccccc2)n1-c1ccc(Cl)cc1)c1cccc([N+](=O)[O-])c1. The number of non-ortho nitro benzene ring substituents is 1. The molecule has 0 aliphatic carbocycles. The Bertz CT molecular complexity index is 1240. The van der Waals surface area contributed by atoms with Gasteiger partial charge in [0.1, 0.15) is 0 Å². The highest BCUT2D eigenvalue weighted by atomic mass is 35.5. The molecule has 0 saturated heterocycles. The fourth-order valence-corrected chi connectivity index (χ4v) is 3.94. The molecular formula is C22H15ClN4O3S. The second kappa shape index (κ2) is 9.11. The number of carbonyl (C=O) groups is 1. The molecule has 7 nitrogen and oxygen atoms in total. The third-order valence-electron chi connectivity index (χ3n) is 4.46. The Morgan fingerprint density at radius 3 is 2.45 bits per heavy atom. The largest absolute Gasteiger partial charge is 0.293 e. The highest BCUT2D eigenvalue weighted by molar-refractivity contribution is 7.99. The predicted octanol–water partition coefficient (Wildman–Crippen LogP) is 5.47. The van der Waals surface area contributed by atoms with E-state index in [4.69, 9.17) is 11.6 Å². The van der Waals surface area contributed by atoms with Crippen molar-refractivity contribution in [2.75, 3.05) is 5.75 Å². The van der Waals surface area contributed by atoms with Gasteiger partial charge in [-0.1, -0.05) is 65.8 Å². The fourth-order valence-electron chi connectivity index (χ4n) is 2.97. The molecule has 0 unspecified atom stereocenters. The zero-order valence-corrected chi connectivity index (χ0v) is 17.6. The zero-order chi connectivity index (χ0) is 21.8. The van der Waals surface area contributed by atoms with Crippen LogP contribution in [0, 0.1) is 10.1 Å². The van der Waals surface area contributed by atoms with E-state index in [2.05, 4.69) is 10.2 Å². The number of benzene rings is 3. The van der Waals surface area contributed by atoms with Crippen LogP contribution in [0.4, 0.5) is 5.69 Å². The molecule has 0 fully saturated rings. The van der Waals surface area contributed by atoms with Crippen molar-refractivity contribution in [2.24, 2.45) is 0 Å². The minimum Gasteiger partial charge on any atom is -0.293 e. The van der Waals surface area contributed by atoms with Crippen LogP contribution in [0.3, 0.4) is 0 Å². The number of thioether (sulfide) groups is 1. The van der Waals surface area contributed by atoms with Crippen LogP contribution in [0.2, 0.25) is 5.02 Å². The number of hydrogen-bond acceptors (Lipinski definition) is 6. The van der Waals surface area contributed by atoms with E-state index >= 15 is 0 Å². The number of aromatic nitrogens is 3. The molecule has 3 aromatic carbocycles. The lowest BCUT2D eigenvalue weighted by molar-refractivity contribution is -0.384. The van der Waals surface area contributed by atoms with E-state index in [1.165, 1.54) is 30.0 Å². The first kappa shape index (κ1) is 20.8. The van der Waals surface area contributed by atoms with E-state index in [0.29, 0.717) is 16.0 Å². The smallest absolute Gasteiger partial charge is 0.270 e. The second-order valence-electron chi connectivity index (χ2n) is 6.50. The van der Waals surface area contributed by atoms with Gasteiger partial charge in [-0.3, -0.25) is 19.5 Å². The summed E-state index contributed by atoms with van der Waals surface area (Å²) in [6.07, 6.45) is 0. The van der Waals surface area contributed by atoms with Crippen LogP contribution in [0.15, 0.2) is 84.0 Å². The minimum atomic E-state index is -0.521. The number of nitro groups is 1. The molecule has 0 radical (unpaired) electrons. The molecule has 0 amide bonds. The standard InChI is InChI=1S/C22H15ClN4O3S/c23-17-9-11-18(12-10-17)26-21(15-5-2-1-3-6-15)24-25-22(26)31-14-20(28)16-7-4-8-19(13-16)27(29)30/h1-13H,14H2. The first-order valence-electron chi connectivity index (χ1n) is 9.20. The number of ketones is 1. The molecule has 0 saturated carbocycles. The van der Waals surface area contributed by atoms with Gasteiger partial charge >= 0.3 is 0 Å². The van der Waals surface area contributed by atoms with Crippen LogP contribution >= 0.6 is 23.4 Å². The van der Waals surface area contributed by atoms with Crippen molar-refractivity contribution in [1.29, 1.82) is 0 Å². The lowest BCUT2D eigenvalue weighted by atomic mass is 10.1. The first-order chi connectivity index (χ1) is 15.0. The Labute approximate surface area is 186 Å². The number of Topliss-reactive ketones (excluding diaryl/α,β-unsaturated/α-hetero) is 1. The summed E-state index contributed by atoms with van der Waals surface area (Å²) in [5.74, 6) is 0.454. The van der Waals surface area contributed by atoms with Crippen molar-refractivity contribution >= 4 is 34.8 Å². The lowest BCUT2D eigenvalue weighted by Crippen LogP contribution is -2.05. The van der Waals surface area contributed by atoms with Crippen LogP contribution in [-0.4, -0.2) is 31.2 Å². The van der Waals surface area contributed by atoms with E-state index in [1.807, 2.05) is 47.0 Å². The van der Waals surface area contributed by atoms with Crippen LogP contribution < -0.4 is 0 Å². The third-order valence-corrected chi connectivity index (χ3v) is 5.64. The van der Waals surface area contributed by atoms with Gasteiger partial charge in [0, 0.05) is 34.0 Å². The van der Waals surface area contributed by atoms with E-state index in [1.54, 1.807) is 18.2 Å². The highest BCUT2D eigenvalue weighted by Crippen LogP contribution is 2.29. The minimum absolute atomic E-state index is 0.0572. The molecule has 1 aromatic heterocycles. The predicted molar refractivity (Wildman–Crippen MR) is 120 cm³/mol.